The van der Waals surface area contributed by atoms with Gasteiger partial charge in [0, 0.05) is 0 Å². The van der Waals surface area contributed by atoms with Crippen molar-refractivity contribution in [3.05, 3.63) is 0 Å². The van der Waals surface area contributed by atoms with E-state index in [0.29, 0.717) is 0 Å². The van der Waals surface area contributed by atoms with Crippen LogP contribution in [0.1, 0.15) is 32.6 Å². The van der Waals surface area contributed by atoms with Gasteiger partial charge in [0.15, 0.2) is 6.10 Å². The third-order valence-corrected chi connectivity index (χ3v) is 2.92. The van der Waals surface area contributed by atoms with Crippen LogP contribution in [-0.2, 0) is 4.74 Å². The second-order valence-electron chi connectivity index (χ2n) is 3.94. The van der Waals surface area contributed by atoms with Gasteiger partial charge in [-0.25, -0.2) is 0 Å². The Kier molecular flexibility index (Phi) is 1.43. The number of hydrogen-bond donors (Lipinski definition) is 0. The molecule has 1 aliphatic heterocycles. The van der Waals surface area contributed by atoms with Gasteiger partial charge in [0.1, 0.15) is 5.60 Å². The van der Waals surface area contributed by atoms with Crippen molar-refractivity contribution >= 4 is 0 Å². The molecule has 0 bridgehead atoms. The molecule has 1 saturated carbocycles. The number of nitrogens with zero attached hydrogens (tertiary/aromatic N) is 1. The molecule has 2 nitrogen and oxygen atoms in total. The quantitative estimate of drug-likeness (QED) is 0.565. The molecule has 0 amide bonds. The van der Waals surface area contributed by atoms with E-state index in [2.05, 4.69) is 13.0 Å². The van der Waals surface area contributed by atoms with E-state index < -0.39 is 0 Å². The molecular formula is C9H13NO. The topological polar surface area (TPSA) is 36.3 Å². The number of ether oxygens (including phenoxy) is 1. The van der Waals surface area contributed by atoms with Crippen molar-refractivity contribution in [1.29, 1.82) is 5.26 Å². The molecule has 0 aromatic heterocycles. The first kappa shape index (κ1) is 7.12. The summed E-state index contributed by atoms with van der Waals surface area (Å²) in [7, 11) is 0. The van der Waals surface area contributed by atoms with Crippen LogP contribution in [0.25, 0.3) is 0 Å². The van der Waals surface area contributed by atoms with Crippen LogP contribution in [0.3, 0.4) is 0 Å². The van der Waals surface area contributed by atoms with Crippen molar-refractivity contribution in [3.63, 3.8) is 0 Å². The first-order chi connectivity index (χ1) is 5.24. The van der Waals surface area contributed by atoms with E-state index in [1.807, 2.05) is 0 Å². The molecule has 0 N–H and O–H groups in total. The molecule has 2 unspecified atom stereocenters. The highest BCUT2D eigenvalue weighted by molar-refractivity contribution is 5.12. The molecule has 0 aromatic carbocycles. The predicted octanol–water partition coefficient (Wildman–Crippen LogP) is 1.86. The highest BCUT2D eigenvalue weighted by atomic mass is 16.6. The van der Waals surface area contributed by atoms with Crippen LogP contribution in [0.4, 0.5) is 0 Å². The largest absolute Gasteiger partial charge is 0.350 e. The van der Waals surface area contributed by atoms with Crippen molar-refractivity contribution in [1.82, 2.24) is 0 Å². The summed E-state index contributed by atoms with van der Waals surface area (Å²) in [6.45, 7) is 2.05. The molecule has 2 aliphatic rings. The SMILES string of the molecule is CC1(CC2CCC2)OC1C#N. The summed E-state index contributed by atoms with van der Waals surface area (Å²) in [5.41, 5.74) is -0.0696. The van der Waals surface area contributed by atoms with Gasteiger partial charge in [0.2, 0.25) is 0 Å². The highest BCUT2D eigenvalue weighted by Crippen LogP contribution is 2.45. The van der Waals surface area contributed by atoms with Crippen molar-refractivity contribution in [3.8, 4) is 6.07 Å². The van der Waals surface area contributed by atoms with Crippen molar-refractivity contribution in [2.24, 2.45) is 5.92 Å². The number of nitriles is 1. The number of rotatable bonds is 2. The van der Waals surface area contributed by atoms with Crippen molar-refractivity contribution < 1.29 is 4.74 Å². The molecule has 1 saturated heterocycles. The molecule has 2 fully saturated rings. The lowest BCUT2D eigenvalue weighted by Crippen LogP contribution is -2.20. The number of hydrogen-bond acceptors (Lipinski definition) is 2. The fourth-order valence-electron chi connectivity index (χ4n) is 1.82. The van der Waals surface area contributed by atoms with Crippen LogP contribution in [0.5, 0.6) is 0 Å². The van der Waals surface area contributed by atoms with Crippen molar-refractivity contribution in [2.45, 2.75) is 44.3 Å². The summed E-state index contributed by atoms with van der Waals surface area (Å²) < 4.78 is 5.30. The second kappa shape index (κ2) is 2.22. The standard InChI is InChI=1S/C9H13NO/c1-9(8(6-10)11-9)5-7-3-2-4-7/h7-8H,2-5H2,1H3. The van der Waals surface area contributed by atoms with Crippen LogP contribution in [0.2, 0.25) is 0 Å². The van der Waals surface area contributed by atoms with E-state index in [1.54, 1.807) is 0 Å². The normalized spacial score (nSPS) is 42.7. The van der Waals surface area contributed by atoms with Gasteiger partial charge in [-0.2, -0.15) is 5.26 Å². The van der Waals surface area contributed by atoms with Crippen LogP contribution in [-0.4, -0.2) is 11.7 Å². The molecule has 1 aliphatic carbocycles. The second-order valence-corrected chi connectivity index (χ2v) is 3.94. The molecule has 60 valence electrons. The maximum absolute atomic E-state index is 8.57. The summed E-state index contributed by atoms with van der Waals surface area (Å²) in [6.07, 6.45) is 5.06. The summed E-state index contributed by atoms with van der Waals surface area (Å²) in [4.78, 5) is 0. The minimum Gasteiger partial charge on any atom is -0.350 e. The van der Waals surface area contributed by atoms with Gasteiger partial charge in [-0.15, -0.1) is 0 Å². The molecule has 2 atom stereocenters. The van der Waals surface area contributed by atoms with E-state index in [0.717, 1.165) is 12.3 Å². The molecule has 1 heterocycles. The Bertz CT molecular complexity index is 204. The minimum atomic E-state index is -0.108. The maximum atomic E-state index is 8.57. The zero-order chi connectivity index (χ0) is 7.90. The van der Waals surface area contributed by atoms with Crippen LogP contribution >= 0.6 is 0 Å². The monoisotopic (exact) mass is 151 g/mol. The maximum Gasteiger partial charge on any atom is 0.173 e. The van der Waals surface area contributed by atoms with Gasteiger partial charge in [-0.1, -0.05) is 19.3 Å². The van der Waals surface area contributed by atoms with E-state index in [4.69, 9.17) is 10.00 Å². The van der Waals surface area contributed by atoms with E-state index in [1.165, 1.54) is 19.3 Å². The van der Waals surface area contributed by atoms with Crippen molar-refractivity contribution in [2.75, 3.05) is 0 Å². The Morgan fingerprint density at radius 2 is 2.36 bits per heavy atom. The first-order valence-corrected chi connectivity index (χ1v) is 4.32. The predicted molar refractivity (Wildman–Crippen MR) is 40.8 cm³/mol. The Hall–Kier alpha value is -0.550. The van der Waals surface area contributed by atoms with E-state index in [-0.39, 0.29) is 11.7 Å². The third kappa shape index (κ3) is 1.14. The molecule has 11 heavy (non-hydrogen) atoms. The van der Waals surface area contributed by atoms with Gasteiger partial charge >= 0.3 is 0 Å². The molecule has 0 aromatic rings. The zero-order valence-electron chi connectivity index (χ0n) is 6.84. The fourth-order valence-corrected chi connectivity index (χ4v) is 1.82. The van der Waals surface area contributed by atoms with E-state index >= 15 is 0 Å². The lowest BCUT2D eigenvalue weighted by Gasteiger charge is -2.26. The van der Waals surface area contributed by atoms with Gasteiger partial charge in [0.25, 0.3) is 0 Å². The lowest BCUT2D eigenvalue weighted by atomic mass is 9.78. The number of epoxide rings is 1. The lowest BCUT2D eigenvalue weighted by molar-refractivity contribution is 0.209. The molecule has 0 radical (unpaired) electrons. The van der Waals surface area contributed by atoms with Gasteiger partial charge in [-0.05, 0) is 19.3 Å². The summed E-state index contributed by atoms with van der Waals surface area (Å²) in [5.74, 6) is 0.846. The van der Waals surface area contributed by atoms with Gasteiger partial charge < -0.3 is 4.74 Å². The van der Waals surface area contributed by atoms with E-state index in [9.17, 15) is 0 Å². The van der Waals surface area contributed by atoms with Gasteiger partial charge in [-0.3, -0.25) is 0 Å². The molecule has 0 spiro atoms. The molecular weight excluding hydrogens is 138 g/mol. The molecule has 2 heteroatoms. The minimum absolute atomic E-state index is 0.0696. The van der Waals surface area contributed by atoms with Crippen LogP contribution in [0, 0.1) is 17.2 Å². The third-order valence-electron chi connectivity index (χ3n) is 2.92. The fraction of sp³-hybridized carbons (Fsp3) is 0.889. The Morgan fingerprint density at radius 1 is 1.64 bits per heavy atom. The average Bonchev–Trinajstić information content (AvgIpc) is 2.55. The van der Waals surface area contributed by atoms with Crippen LogP contribution < -0.4 is 0 Å². The summed E-state index contributed by atoms with van der Waals surface area (Å²) in [5, 5.41) is 8.57. The zero-order valence-corrected chi connectivity index (χ0v) is 6.84. The first-order valence-electron chi connectivity index (χ1n) is 4.32. The summed E-state index contributed by atoms with van der Waals surface area (Å²) in [6, 6.07) is 2.16. The molecule has 2 rings (SSSR count). The smallest absolute Gasteiger partial charge is 0.173 e. The Morgan fingerprint density at radius 3 is 2.73 bits per heavy atom. The van der Waals surface area contributed by atoms with Crippen LogP contribution in [0.15, 0.2) is 0 Å². The Balaban J connectivity index is 1.83. The van der Waals surface area contributed by atoms with Gasteiger partial charge in [0.05, 0.1) is 6.07 Å². The Labute approximate surface area is 67.2 Å². The summed E-state index contributed by atoms with van der Waals surface area (Å²) >= 11 is 0. The highest BCUT2D eigenvalue weighted by Gasteiger charge is 2.54. The average molecular weight is 151 g/mol.